The Hall–Kier alpha value is -1.74. The summed E-state index contributed by atoms with van der Waals surface area (Å²) in [5.74, 6) is 0.658. The molecule has 0 saturated heterocycles. The summed E-state index contributed by atoms with van der Waals surface area (Å²) in [6.45, 7) is 2.06. The smallest absolute Gasteiger partial charge is 0.149 e. The number of benzene rings is 1. The van der Waals surface area contributed by atoms with Crippen molar-refractivity contribution in [3.63, 3.8) is 0 Å². The quantitative estimate of drug-likeness (QED) is 0.873. The summed E-state index contributed by atoms with van der Waals surface area (Å²) in [6, 6.07) is 12.0. The van der Waals surface area contributed by atoms with Crippen LogP contribution in [0.5, 0.6) is 0 Å². The molecule has 0 bridgehead atoms. The number of nitrogen functional groups attached to an aromatic ring is 1. The summed E-state index contributed by atoms with van der Waals surface area (Å²) < 4.78 is 0. The first-order valence-corrected chi connectivity index (χ1v) is 5.77. The third-order valence-electron chi connectivity index (χ3n) is 2.54. The molecule has 1 atom stereocenters. The molecular formula is C13H14ClN3. The fourth-order valence-corrected chi connectivity index (χ4v) is 1.77. The second-order valence-electron chi connectivity index (χ2n) is 3.87. The first-order chi connectivity index (χ1) is 8.16. The first kappa shape index (κ1) is 11.7. The van der Waals surface area contributed by atoms with Crippen LogP contribution < -0.4 is 11.1 Å². The molecule has 0 aliphatic heterocycles. The van der Waals surface area contributed by atoms with E-state index in [0.29, 0.717) is 16.5 Å². The Kier molecular flexibility index (Phi) is 3.49. The number of anilines is 2. The maximum absolute atomic E-state index is 5.84. The van der Waals surface area contributed by atoms with Crippen LogP contribution in [0.25, 0.3) is 0 Å². The number of rotatable bonds is 3. The molecular weight excluding hydrogens is 234 g/mol. The number of hydrogen-bond acceptors (Lipinski definition) is 3. The normalized spacial score (nSPS) is 12.1. The molecule has 1 heterocycles. The first-order valence-electron chi connectivity index (χ1n) is 5.39. The average Bonchev–Trinajstić information content (AvgIpc) is 2.34. The van der Waals surface area contributed by atoms with Crippen molar-refractivity contribution in [1.29, 1.82) is 0 Å². The third-order valence-corrected chi connectivity index (χ3v) is 2.74. The van der Waals surface area contributed by atoms with Crippen LogP contribution in [0.3, 0.4) is 0 Å². The molecule has 4 heteroatoms. The lowest BCUT2D eigenvalue weighted by Crippen LogP contribution is -2.09. The molecule has 3 N–H and O–H groups in total. The van der Waals surface area contributed by atoms with Crippen LogP contribution in [-0.2, 0) is 0 Å². The molecule has 2 aromatic rings. The van der Waals surface area contributed by atoms with Crippen molar-refractivity contribution in [2.75, 3.05) is 11.1 Å². The van der Waals surface area contributed by atoms with E-state index in [-0.39, 0.29) is 6.04 Å². The molecule has 1 aromatic carbocycles. The molecule has 2 rings (SSSR count). The molecule has 0 aliphatic carbocycles. The van der Waals surface area contributed by atoms with Gasteiger partial charge in [0.2, 0.25) is 0 Å². The van der Waals surface area contributed by atoms with Gasteiger partial charge in [0.25, 0.3) is 0 Å². The van der Waals surface area contributed by atoms with E-state index in [0.717, 1.165) is 0 Å². The molecule has 0 radical (unpaired) electrons. The number of nitrogens with one attached hydrogen (secondary N) is 1. The molecule has 0 fully saturated rings. The SMILES string of the molecule is CC(Nc1ncc(Cl)cc1N)c1ccccc1. The van der Waals surface area contributed by atoms with Crippen molar-refractivity contribution < 1.29 is 0 Å². The summed E-state index contributed by atoms with van der Waals surface area (Å²) in [5, 5.41) is 3.80. The molecule has 1 unspecified atom stereocenters. The second kappa shape index (κ2) is 5.06. The number of nitrogens with two attached hydrogens (primary N) is 1. The minimum Gasteiger partial charge on any atom is -0.396 e. The van der Waals surface area contributed by atoms with E-state index in [1.807, 2.05) is 18.2 Å². The third kappa shape index (κ3) is 2.88. The van der Waals surface area contributed by atoms with Crippen LogP contribution in [-0.4, -0.2) is 4.98 Å². The molecule has 88 valence electrons. The van der Waals surface area contributed by atoms with Gasteiger partial charge in [0.05, 0.1) is 16.8 Å². The standard InChI is InChI=1S/C13H14ClN3/c1-9(10-5-3-2-4-6-10)17-13-12(15)7-11(14)8-16-13/h2-9H,15H2,1H3,(H,16,17). The summed E-state index contributed by atoms with van der Waals surface area (Å²) in [4.78, 5) is 4.18. The van der Waals surface area contributed by atoms with E-state index in [4.69, 9.17) is 17.3 Å². The fourth-order valence-electron chi connectivity index (χ4n) is 1.61. The van der Waals surface area contributed by atoms with Gasteiger partial charge in [-0.25, -0.2) is 4.98 Å². The van der Waals surface area contributed by atoms with Crippen LogP contribution in [0.15, 0.2) is 42.6 Å². The van der Waals surface area contributed by atoms with E-state index in [1.54, 1.807) is 12.3 Å². The summed E-state index contributed by atoms with van der Waals surface area (Å²) in [6.07, 6.45) is 1.58. The van der Waals surface area contributed by atoms with Crippen LogP contribution in [0, 0.1) is 0 Å². The van der Waals surface area contributed by atoms with Gasteiger partial charge in [-0.3, -0.25) is 0 Å². The zero-order chi connectivity index (χ0) is 12.3. The molecule has 1 aromatic heterocycles. The van der Waals surface area contributed by atoms with Crippen molar-refractivity contribution >= 4 is 23.1 Å². The van der Waals surface area contributed by atoms with E-state index >= 15 is 0 Å². The van der Waals surface area contributed by atoms with Gasteiger partial charge in [-0.05, 0) is 18.6 Å². The van der Waals surface area contributed by atoms with Crippen LogP contribution in [0.4, 0.5) is 11.5 Å². The maximum atomic E-state index is 5.84. The fraction of sp³-hybridized carbons (Fsp3) is 0.154. The van der Waals surface area contributed by atoms with Crippen LogP contribution in [0.1, 0.15) is 18.5 Å². The highest BCUT2D eigenvalue weighted by atomic mass is 35.5. The molecule has 0 aliphatic rings. The monoisotopic (exact) mass is 247 g/mol. The predicted octanol–water partition coefficient (Wildman–Crippen LogP) is 3.49. The van der Waals surface area contributed by atoms with Gasteiger partial charge in [0.1, 0.15) is 5.82 Å². The number of hydrogen-bond donors (Lipinski definition) is 2. The number of pyridine rings is 1. The number of nitrogens with zero attached hydrogens (tertiary/aromatic N) is 1. The van der Waals surface area contributed by atoms with Gasteiger partial charge >= 0.3 is 0 Å². The highest BCUT2D eigenvalue weighted by Crippen LogP contribution is 2.24. The van der Waals surface area contributed by atoms with E-state index in [9.17, 15) is 0 Å². The van der Waals surface area contributed by atoms with Gasteiger partial charge in [0, 0.05) is 6.20 Å². The lowest BCUT2D eigenvalue weighted by Gasteiger charge is -2.16. The molecule has 17 heavy (non-hydrogen) atoms. The van der Waals surface area contributed by atoms with Crippen LogP contribution >= 0.6 is 11.6 Å². The molecule has 0 saturated carbocycles. The van der Waals surface area contributed by atoms with E-state index in [1.165, 1.54) is 5.56 Å². The zero-order valence-electron chi connectivity index (χ0n) is 9.52. The topological polar surface area (TPSA) is 50.9 Å². The maximum Gasteiger partial charge on any atom is 0.149 e. The van der Waals surface area contributed by atoms with Gasteiger partial charge in [0.15, 0.2) is 0 Å². The lowest BCUT2D eigenvalue weighted by atomic mass is 10.1. The Morgan fingerprint density at radius 3 is 2.65 bits per heavy atom. The van der Waals surface area contributed by atoms with Gasteiger partial charge in [-0.2, -0.15) is 0 Å². The summed E-state index contributed by atoms with van der Waals surface area (Å²) in [7, 11) is 0. The highest BCUT2D eigenvalue weighted by molar-refractivity contribution is 6.30. The van der Waals surface area contributed by atoms with Crippen molar-refractivity contribution in [3.05, 3.63) is 53.2 Å². The lowest BCUT2D eigenvalue weighted by molar-refractivity contribution is 0.876. The van der Waals surface area contributed by atoms with Gasteiger partial charge in [-0.1, -0.05) is 41.9 Å². The van der Waals surface area contributed by atoms with E-state index < -0.39 is 0 Å². The molecule has 0 spiro atoms. The van der Waals surface area contributed by atoms with Crippen molar-refractivity contribution in [3.8, 4) is 0 Å². The Balaban J connectivity index is 2.16. The zero-order valence-corrected chi connectivity index (χ0v) is 10.3. The summed E-state index contributed by atoms with van der Waals surface area (Å²) >= 11 is 5.80. The second-order valence-corrected chi connectivity index (χ2v) is 4.30. The van der Waals surface area contributed by atoms with Crippen LogP contribution in [0.2, 0.25) is 5.02 Å². The number of halogens is 1. The number of aromatic nitrogens is 1. The Labute approximate surface area is 106 Å². The minimum atomic E-state index is 0.146. The summed E-state index contributed by atoms with van der Waals surface area (Å²) in [5.41, 5.74) is 7.58. The highest BCUT2D eigenvalue weighted by Gasteiger charge is 2.07. The van der Waals surface area contributed by atoms with Crippen molar-refractivity contribution in [2.24, 2.45) is 0 Å². The Bertz CT molecular complexity index is 499. The Morgan fingerprint density at radius 2 is 2.00 bits per heavy atom. The largest absolute Gasteiger partial charge is 0.396 e. The average molecular weight is 248 g/mol. The minimum absolute atomic E-state index is 0.146. The van der Waals surface area contributed by atoms with Gasteiger partial charge in [-0.15, -0.1) is 0 Å². The molecule has 3 nitrogen and oxygen atoms in total. The van der Waals surface area contributed by atoms with Gasteiger partial charge < -0.3 is 11.1 Å². The van der Waals surface area contributed by atoms with Crippen molar-refractivity contribution in [2.45, 2.75) is 13.0 Å². The van der Waals surface area contributed by atoms with Crippen molar-refractivity contribution in [1.82, 2.24) is 4.98 Å². The van der Waals surface area contributed by atoms with E-state index in [2.05, 4.69) is 29.4 Å². The Morgan fingerprint density at radius 1 is 1.29 bits per heavy atom. The molecule has 0 amide bonds. The predicted molar refractivity (Wildman–Crippen MR) is 72.1 cm³/mol.